The van der Waals surface area contributed by atoms with E-state index in [0.29, 0.717) is 15.7 Å². The van der Waals surface area contributed by atoms with Gasteiger partial charge in [0.15, 0.2) is 0 Å². The summed E-state index contributed by atoms with van der Waals surface area (Å²) in [6.45, 7) is 3.76. The zero-order chi connectivity index (χ0) is 18.7. The highest BCUT2D eigenvalue weighted by molar-refractivity contribution is 6.42. The van der Waals surface area contributed by atoms with Gasteiger partial charge in [-0.15, -0.1) is 5.10 Å². The van der Waals surface area contributed by atoms with Crippen LogP contribution in [0, 0.1) is 0 Å². The van der Waals surface area contributed by atoms with Crippen molar-refractivity contribution < 1.29 is 4.79 Å². The number of anilines is 1. The highest BCUT2D eigenvalue weighted by atomic mass is 35.5. The van der Waals surface area contributed by atoms with E-state index in [2.05, 4.69) is 26.2 Å². The number of hydrogen-bond donors (Lipinski definition) is 2. The Balaban J connectivity index is 1.67. The molecule has 0 fully saturated rings. The summed E-state index contributed by atoms with van der Waals surface area (Å²) in [5.41, 5.74) is 1.64. The molecule has 0 saturated heterocycles. The van der Waals surface area contributed by atoms with E-state index in [0.717, 1.165) is 11.3 Å². The number of tetrazole rings is 1. The minimum absolute atomic E-state index is 0.337. The minimum Gasteiger partial charge on any atom is -0.329 e. The summed E-state index contributed by atoms with van der Waals surface area (Å²) in [6.07, 6.45) is 1.49. The van der Waals surface area contributed by atoms with Gasteiger partial charge in [0.2, 0.25) is 0 Å². The van der Waals surface area contributed by atoms with Crippen LogP contribution in [0.15, 0.2) is 48.8 Å². The molecule has 0 aliphatic carbocycles. The molecule has 134 valence electrons. The van der Waals surface area contributed by atoms with E-state index in [1.165, 1.54) is 11.0 Å². The van der Waals surface area contributed by atoms with Gasteiger partial charge in [-0.2, -0.15) is 0 Å². The van der Waals surface area contributed by atoms with Crippen molar-refractivity contribution in [3.63, 3.8) is 0 Å². The minimum atomic E-state index is -0.634. The largest absolute Gasteiger partial charge is 0.329 e. The molecule has 0 aliphatic rings. The van der Waals surface area contributed by atoms with E-state index in [-0.39, 0.29) is 6.03 Å². The maximum absolute atomic E-state index is 12.3. The summed E-state index contributed by atoms with van der Waals surface area (Å²) in [6, 6.07) is 12.1. The Morgan fingerprint density at radius 3 is 2.42 bits per heavy atom. The van der Waals surface area contributed by atoms with Crippen molar-refractivity contribution in [1.82, 2.24) is 25.5 Å². The number of aromatic nitrogens is 4. The molecular weight excluding hydrogens is 375 g/mol. The number of amides is 2. The van der Waals surface area contributed by atoms with Crippen LogP contribution in [0.3, 0.4) is 0 Å². The Bertz CT molecular complexity index is 910. The molecule has 1 heterocycles. The fraction of sp³-hybridized carbons (Fsp3) is 0.176. The topological polar surface area (TPSA) is 84.7 Å². The van der Waals surface area contributed by atoms with Gasteiger partial charge in [0.25, 0.3) is 0 Å². The second-order valence-corrected chi connectivity index (χ2v) is 6.95. The highest BCUT2D eigenvalue weighted by Gasteiger charge is 2.23. The van der Waals surface area contributed by atoms with Crippen molar-refractivity contribution in [3.05, 3.63) is 64.4 Å². The second-order valence-electron chi connectivity index (χ2n) is 6.13. The Kier molecular flexibility index (Phi) is 5.11. The molecule has 0 aliphatic heterocycles. The van der Waals surface area contributed by atoms with Crippen LogP contribution in [0.2, 0.25) is 10.0 Å². The number of urea groups is 1. The van der Waals surface area contributed by atoms with E-state index in [4.69, 9.17) is 23.2 Å². The first kappa shape index (κ1) is 18.2. The van der Waals surface area contributed by atoms with Crippen LogP contribution in [0.1, 0.15) is 19.4 Å². The lowest BCUT2D eigenvalue weighted by molar-refractivity contribution is 0.242. The van der Waals surface area contributed by atoms with Crippen molar-refractivity contribution in [3.8, 4) is 5.69 Å². The lowest BCUT2D eigenvalue weighted by atomic mass is 9.94. The van der Waals surface area contributed by atoms with Crippen molar-refractivity contribution in [2.24, 2.45) is 0 Å². The maximum Gasteiger partial charge on any atom is 0.319 e. The van der Waals surface area contributed by atoms with E-state index in [1.807, 2.05) is 19.9 Å². The quantitative estimate of drug-likeness (QED) is 0.704. The lowest BCUT2D eigenvalue weighted by Gasteiger charge is -2.27. The van der Waals surface area contributed by atoms with Crippen LogP contribution in [-0.2, 0) is 5.54 Å². The van der Waals surface area contributed by atoms with E-state index >= 15 is 0 Å². The van der Waals surface area contributed by atoms with Gasteiger partial charge < -0.3 is 10.6 Å². The van der Waals surface area contributed by atoms with Crippen LogP contribution in [0.5, 0.6) is 0 Å². The van der Waals surface area contributed by atoms with E-state index in [1.54, 1.807) is 36.4 Å². The first-order valence-corrected chi connectivity index (χ1v) is 8.49. The monoisotopic (exact) mass is 390 g/mol. The number of carbonyl (C=O) groups excluding carboxylic acids is 1. The number of benzene rings is 2. The predicted molar refractivity (Wildman–Crippen MR) is 101 cm³/mol. The molecule has 2 N–H and O–H groups in total. The van der Waals surface area contributed by atoms with Crippen molar-refractivity contribution >= 4 is 34.9 Å². The third kappa shape index (κ3) is 4.12. The molecule has 0 atom stereocenters. The molecule has 0 spiro atoms. The SMILES string of the molecule is CC(C)(NC(=O)Nc1ccc(-n2cnnn2)cc1)c1ccc(Cl)c(Cl)c1. The van der Waals surface area contributed by atoms with Gasteiger partial charge in [0.05, 0.1) is 21.3 Å². The molecule has 9 heteroatoms. The molecule has 0 radical (unpaired) electrons. The molecule has 2 amide bonds. The lowest BCUT2D eigenvalue weighted by Crippen LogP contribution is -2.43. The molecule has 0 bridgehead atoms. The Morgan fingerprint density at radius 2 is 1.81 bits per heavy atom. The average Bonchev–Trinajstić information content (AvgIpc) is 3.12. The van der Waals surface area contributed by atoms with Crippen LogP contribution >= 0.6 is 23.2 Å². The molecule has 1 aromatic heterocycles. The summed E-state index contributed by atoms with van der Waals surface area (Å²) in [4.78, 5) is 12.3. The summed E-state index contributed by atoms with van der Waals surface area (Å²) in [5, 5.41) is 17.6. The molecular formula is C17H16Cl2N6O. The standard InChI is InChI=1S/C17H16Cl2N6O/c1-17(2,11-3-8-14(18)15(19)9-11)22-16(26)21-12-4-6-13(7-5-12)25-10-20-23-24-25/h3-10H,1-2H3,(H2,21,22,26). The number of rotatable bonds is 4. The number of carbonyl (C=O) groups is 1. The molecule has 0 saturated carbocycles. The molecule has 7 nitrogen and oxygen atoms in total. The number of nitrogens with one attached hydrogen (secondary N) is 2. The van der Waals surface area contributed by atoms with E-state index in [9.17, 15) is 4.79 Å². The average molecular weight is 391 g/mol. The summed E-state index contributed by atoms with van der Waals surface area (Å²) in [5.74, 6) is 0. The van der Waals surface area contributed by atoms with Crippen molar-refractivity contribution in [1.29, 1.82) is 0 Å². The first-order valence-electron chi connectivity index (χ1n) is 7.73. The van der Waals surface area contributed by atoms with Crippen LogP contribution < -0.4 is 10.6 Å². The molecule has 2 aromatic carbocycles. The Hall–Kier alpha value is -2.64. The van der Waals surface area contributed by atoms with Crippen molar-refractivity contribution in [2.75, 3.05) is 5.32 Å². The Labute approximate surface area is 160 Å². The van der Waals surface area contributed by atoms with Crippen LogP contribution in [-0.4, -0.2) is 26.2 Å². The zero-order valence-electron chi connectivity index (χ0n) is 14.1. The van der Waals surface area contributed by atoms with Crippen LogP contribution in [0.4, 0.5) is 10.5 Å². The molecule has 26 heavy (non-hydrogen) atoms. The summed E-state index contributed by atoms with van der Waals surface area (Å²) >= 11 is 12.0. The van der Waals surface area contributed by atoms with E-state index < -0.39 is 5.54 Å². The third-order valence-corrected chi connectivity index (χ3v) is 4.55. The number of hydrogen-bond acceptors (Lipinski definition) is 4. The number of nitrogens with zero attached hydrogens (tertiary/aromatic N) is 4. The Morgan fingerprint density at radius 1 is 1.08 bits per heavy atom. The summed E-state index contributed by atoms with van der Waals surface area (Å²) in [7, 11) is 0. The van der Waals surface area contributed by atoms with Gasteiger partial charge in [-0.05, 0) is 66.2 Å². The normalized spacial score (nSPS) is 11.2. The van der Waals surface area contributed by atoms with Crippen LogP contribution in [0.25, 0.3) is 5.69 Å². The van der Waals surface area contributed by atoms with Gasteiger partial charge in [-0.3, -0.25) is 0 Å². The van der Waals surface area contributed by atoms with Gasteiger partial charge in [-0.25, -0.2) is 9.48 Å². The predicted octanol–water partition coefficient (Wildman–Crippen LogP) is 4.03. The molecule has 0 unspecified atom stereocenters. The maximum atomic E-state index is 12.3. The van der Waals surface area contributed by atoms with Crippen molar-refractivity contribution in [2.45, 2.75) is 19.4 Å². The zero-order valence-corrected chi connectivity index (χ0v) is 15.6. The first-order chi connectivity index (χ1) is 12.3. The van der Waals surface area contributed by atoms with Gasteiger partial charge in [-0.1, -0.05) is 29.3 Å². The fourth-order valence-electron chi connectivity index (χ4n) is 2.38. The number of halogens is 2. The van der Waals surface area contributed by atoms with Gasteiger partial charge >= 0.3 is 6.03 Å². The summed E-state index contributed by atoms with van der Waals surface area (Å²) < 4.78 is 1.53. The molecule has 3 aromatic rings. The fourth-order valence-corrected chi connectivity index (χ4v) is 2.68. The third-order valence-electron chi connectivity index (χ3n) is 3.81. The highest BCUT2D eigenvalue weighted by Crippen LogP contribution is 2.28. The second kappa shape index (κ2) is 7.31. The van der Waals surface area contributed by atoms with Gasteiger partial charge in [0, 0.05) is 5.69 Å². The van der Waals surface area contributed by atoms with Gasteiger partial charge in [0.1, 0.15) is 6.33 Å². The molecule has 3 rings (SSSR count). The smallest absolute Gasteiger partial charge is 0.319 e.